The molecule has 0 aliphatic carbocycles. The Labute approximate surface area is 237 Å². The molecule has 40 heavy (non-hydrogen) atoms. The summed E-state index contributed by atoms with van der Waals surface area (Å²) in [5, 5.41) is 0. The van der Waals surface area contributed by atoms with Crippen LogP contribution in [0.2, 0.25) is 0 Å². The molecule has 0 aromatic heterocycles. The van der Waals surface area contributed by atoms with Gasteiger partial charge >= 0.3 is 23.9 Å². The molecule has 0 unspecified atom stereocenters. The van der Waals surface area contributed by atoms with Gasteiger partial charge in [0.1, 0.15) is 13.2 Å². The molecule has 0 fully saturated rings. The maximum atomic E-state index is 12.6. The third kappa shape index (κ3) is 13.0. The SMILES string of the molecule is CCCCOCC(OCC)(OCC)OOC(=O)c1ccc(C(=O)OOC(COCCCC)(OCC)OCC)cc1. The monoisotopic (exact) mass is 574 g/mol. The summed E-state index contributed by atoms with van der Waals surface area (Å²) < 4.78 is 33.4. The minimum Gasteiger partial charge on any atom is -0.373 e. The van der Waals surface area contributed by atoms with E-state index in [0.717, 1.165) is 25.7 Å². The van der Waals surface area contributed by atoms with Crippen LogP contribution in [0, 0.1) is 0 Å². The van der Waals surface area contributed by atoms with Gasteiger partial charge in [0.15, 0.2) is 0 Å². The fourth-order valence-electron chi connectivity index (χ4n) is 3.20. The van der Waals surface area contributed by atoms with Crippen molar-refractivity contribution in [2.24, 2.45) is 0 Å². The van der Waals surface area contributed by atoms with Crippen molar-refractivity contribution in [3.8, 4) is 0 Å². The van der Waals surface area contributed by atoms with Gasteiger partial charge in [0.2, 0.25) is 0 Å². The van der Waals surface area contributed by atoms with Crippen LogP contribution in [0.4, 0.5) is 0 Å². The quantitative estimate of drug-likeness (QED) is 0.0717. The molecule has 0 atom stereocenters. The van der Waals surface area contributed by atoms with E-state index in [1.165, 1.54) is 24.3 Å². The van der Waals surface area contributed by atoms with Crippen molar-refractivity contribution in [3.05, 3.63) is 35.4 Å². The van der Waals surface area contributed by atoms with Crippen LogP contribution in [0.25, 0.3) is 0 Å². The molecule has 0 N–H and O–H groups in total. The molecule has 1 aromatic carbocycles. The summed E-state index contributed by atoms with van der Waals surface area (Å²) in [5.41, 5.74) is 0.210. The van der Waals surface area contributed by atoms with Gasteiger partial charge in [-0.1, -0.05) is 26.7 Å². The summed E-state index contributed by atoms with van der Waals surface area (Å²) in [6.07, 6.45) is 3.60. The third-order valence-corrected chi connectivity index (χ3v) is 5.14. The second kappa shape index (κ2) is 20.7. The van der Waals surface area contributed by atoms with E-state index in [2.05, 4.69) is 0 Å². The molecule has 0 spiro atoms. The normalized spacial score (nSPS) is 11.9. The van der Waals surface area contributed by atoms with E-state index in [1.54, 1.807) is 27.7 Å². The molecule has 0 bridgehead atoms. The van der Waals surface area contributed by atoms with E-state index in [-0.39, 0.29) is 50.8 Å². The maximum absolute atomic E-state index is 12.6. The molecule has 0 saturated heterocycles. The topological polar surface area (TPSA) is 126 Å². The van der Waals surface area contributed by atoms with Gasteiger partial charge in [0.25, 0.3) is 0 Å². The van der Waals surface area contributed by atoms with Crippen LogP contribution in [-0.4, -0.2) is 76.7 Å². The summed E-state index contributed by atoms with van der Waals surface area (Å²) in [7, 11) is 0. The van der Waals surface area contributed by atoms with E-state index < -0.39 is 23.9 Å². The van der Waals surface area contributed by atoms with Gasteiger partial charge in [0, 0.05) is 39.6 Å². The number of carbonyl (C=O) groups is 2. The Bertz CT molecular complexity index is 735. The molecule has 0 amide bonds. The van der Waals surface area contributed by atoms with E-state index >= 15 is 0 Å². The summed E-state index contributed by atoms with van der Waals surface area (Å²) in [5.74, 6) is -5.07. The lowest BCUT2D eigenvalue weighted by molar-refractivity contribution is -0.491. The van der Waals surface area contributed by atoms with Gasteiger partial charge in [-0.15, -0.1) is 9.78 Å². The van der Waals surface area contributed by atoms with Crippen LogP contribution >= 0.6 is 0 Å². The van der Waals surface area contributed by atoms with Crippen molar-refractivity contribution in [2.75, 3.05) is 52.9 Å². The standard InChI is InChI=1S/C28H46O12/c1-7-13-19-31-21-27(33-9-3,34-10-4)39-37-25(29)23-15-17-24(18-16-23)26(30)38-40-28(35-11-5,36-12-6)22-32-20-14-8-2/h15-18H,7-14,19-22H2,1-6H3. The molecule has 230 valence electrons. The first kappa shape index (κ1) is 35.9. The Morgan fingerprint density at radius 3 is 1.18 bits per heavy atom. The van der Waals surface area contributed by atoms with E-state index in [4.69, 9.17) is 48.0 Å². The van der Waals surface area contributed by atoms with Gasteiger partial charge in [-0.3, -0.25) is 9.78 Å². The second-order valence-corrected chi connectivity index (χ2v) is 8.40. The highest BCUT2D eigenvalue weighted by Gasteiger charge is 2.38. The van der Waals surface area contributed by atoms with Crippen LogP contribution in [0.5, 0.6) is 0 Å². The van der Waals surface area contributed by atoms with Crippen molar-refractivity contribution in [1.82, 2.24) is 0 Å². The number of hydrogen-bond acceptors (Lipinski definition) is 12. The molecule has 0 aliphatic heterocycles. The van der Waals surface area contributed by atoms with Crippen LogP contribution in [0.15, 0.2) is 24.3 Å². The molecule has 0 saturated carbocycles. The average molecular weight is 575 g/mol. The highest BCUT2D eigenvalue weighted by molar-refractivity contribution is 5.92. The molecule has 12 nitrogen and oxygen atoms in total. The van der Waals surface area contributed by atoms with Crippen molar-refractivity contribution in [3.63, 3.8) is 0 Å². The average Bonchev–Trinajstić information content (AvgIpc) is 2.96. The molecular weight excluding hydrogens is 528 g/mol. The second-order valence-electron chi connectivity index (χ2n) is 8.40. The Hall–Kier alpha value is -2.16. The number of rotatable bonds is 24. The highest BCUT2D eigenvalue weighted by Crippen LogP contribution is 2.21. The molecule has 1 aromatic rings. The number of carbonyl (C=O) groups excluding carboxylic acids is 2. The zero-order chi connectivity index (χ0) is 29.7. The molecule has 0 heterocycles. The summed E-state index contributed by atoms with van der Waals surface area (Å²) >= 11 is 0. The highest BCUT2D eigenvalue weighted by atomic mass is 17.3. The number of hydrogen-bond donors (Lipinski definition) is 0. The van der Waals surface area contributed by atoms with Gasteiger partial charge in [-0.2, -0.15) is 0 Å². The fourth-order valence-corrected chi connectivity index (χ4v) is 3.20. The lowest BCUT2D eigenvalue weighted by atomic mass is 10.1. The molecule has 0 aliphatic rings. The fraction of sp³-hybridized carbons (Fsp3) is 0.714. The predicted octanol–water partition coefficient (Wildman–Crippen LogP) is 4.95. The number of unbranched alkanes of at least 4 members (excludes halogenated alkanes) is 2. The Morgan fingerprint density at radius 1 is 0.575 bits per heavy atom. The summed E-state index contributed by atoms with van der Waals surface area (Å²) in [6.45, 7) is 12.7. The van der Waals surface area contributed by atoms with Crippen LogP contribution < -0.4 is 0 Å². The Morgan fingerprint density at radius 2 is 0.900 bits per heavy atom. The van der Waals surface area contributed by atoms with E-state index in [1.807, 2.05) is 13.8 Å². The first-order chi connectivity index (χ1) is 19.3. The number of benzene rings is 1. The van der Waals surface area contributed by atoms with Gasteiger partial charge in [0.05, 0.1) is 11.1 Å². The van der Waals surface area contributed by atoms with Gasteiger partial charge in [-0.05, 0) is 64.8 Å². The lowest BCUT2D eigenvalue weighted by Crippen LogP contribution is -2.44. The maximum Gasteiger partial charge on any atom is 0.373 e. The first-order valence-electron chi connectivity index (χ1n) is 14.0. The third-order valence-electron chi connectivity index (χ3n) is 5.14. The zero-order valence-corrected chi connectivity index (χ0v) is 24.7. The molecule has 12 heteroatoms. The summed E-state index contributed by atoms with van der Waals surface area (Å²) in [6, 6.07) is 5.48. The molecular formula is C28H46O12. The minimum absolute atomic E-state index is 0.0959. The van der Waals surface area contributed by atoms with Gasteiger partial charge < -0.3 is 28.4 Å². The number of ether oxygens (including phenoxy) is 6. The summed E-state index contributed by atoms with van der Waals surface area (Å²) in [4.78, 5) is 45.8. The van der Waals surface area contributed by atoms with Crippen molar-refractivity contribution < 1.29 is 57.6 Å². The van der Waals surface area contributed by atoms with Crippen molar-refractivity contribution in [2.45, 2.75) is 79.2 Å². The van der Waals surface area contributed by atoms with Crippen molar-refractivity contribution in [1.29, 1.82) is 0 Å². The smallest absolute Gasteiger partial charge is 0.373 e. The molecule has 0 radical (unpaired) electrons. The van der Waals surface area contributed by atoms with Gasteiger partial charge in [-0.25, -0.2) is 9.59 Å². The van der Waals surface area contributed by atoms with Crippen molar-refractivity contribution >= 4 is 11.9 Å². The van der Waals surface area contributed by atoms with Crippen LogP contribution in [0.3, 0.4) is 0 Å². The Kier molecular flexibility index (Phi) is 18.5. The largest absolute Gasteiger partial charge is 0.373 e. The lowest BCUT2D eigenvalue weighted by Gasteiger charge is -2.30. The van der Waals surface area contributed by atoms with E-state index in [9.17, 15) is 9.59 Å². The van der Waals surface area contributed by atoms with Crippen LogP contribution in [0.1, 0.15) is 87.9 Å². The zero-order valence-electron chi connectivity index (χ0n) is 24.7. The minimum atomic E-state index is -1.71. The van der Waals surface area contributed by atoms with Crippen LogP contribution in [-0.2, 0) is 48.0 Å². The molecule has 1 rings (SSSR count). The predicted molar refractivity (Wildman–Crippen MR) is 143 cm³/mol. The Balaban J connectivity index is 2.80. The first-order valence-corrected chi connectivity index (χ1v) is 14.0. The van der Waals surface area contributed by atoms with E-state index in [0.29, 0.717) is 13.2 Å².